The third-order valence-corrected chi connectivity index (χ3v) is 5.00. The van der Waals surface area contributed by atoms with Gasteiger partial charge in [0, 0.05) is 10.9 Å². The molecule has 0 saturated heterocycles. The molecule has 1 aliphatic heterocycles. The van der Waals surface area contributed by atoms with Crippen molar-refractivity contribution in [2.45, 2.75) is 13.0 Å². The van der Waals surface area contributed by atoms with Crippen LogP contribution in [-0.2, 0) is 9.59 Å². The van der Waals surface area contributed by atoms with Crippen LogP contribution in [0, 0.1) is 5.82 Å². The summed E-state index contributed by atoms with van der Waals surface area (Å²) in [5, 5.41) is 4.82. The van der Waals surface area contributed by atoms with Crippen LogP contribution in [0.25, 0.3) is 11.3 Å². The molecule has 142 valence electrons. The molecule has 6 nitrogen and oxygen atoms in total. The molecule has 0 radical (unpaired) electrons. The Morgan fingerprint density at radius 3 is 2.93 bits per heavy atom. The lowest BCUT2D eigenvalue weighted by molar-refractivity contribution is -0.127. The van der Waals surface area contributed by atoms with Crippen LogP contribution in [0.4, 0.5) is 15.2 Å². The van der Waals surface area contributed by atoms with Crippen LogP contribution in [0.15, 0.2) is 53.9 Å². The predicted molar refractivity (Wildman–Crippen MR) is 105 cm³/mol. The van der Waals surface area contributed by atoms with Gasteiger partial charge in [0.05, 0.1) is 11.4 Å². The smallest absolute Gasteiger partial charge is 0.268 e. The number of nitrogens with one attached hydrogen (secondary N) is 1. The number of hydrogen-bond donors (Lipinski definition) is 1. The molecule has 0 saturated carbocycles. The summed E-state index contributed by atoms with van der Waals surface area (Å²) in [4.78, 5) is 30.7. The van der Waals surface area contributed by atoms with Crippen LogP contribution in [0.1, 0.15) is 6.92 Å². The van der Waals surface area contributed by atoms with Crippen molar-refractivity contribution in [3.8, 4) is 17.0 Å². The van der Waals surface area contributed by atoms with Crippen molar-refractivity contribution in [3.63, 3.8) is 0 Å². The second-order valence-corrected chi connectivity index (χ2v) is 7.11. The number of fused-ring (bicyclic) bond motifs is 1. The Morgan fingerprint density at radius 2 is 2.11 bits per heavy atom. The highest BCUT2D eigenvalue weighted by Crippen LogP contribution is 2.33. The first-order valence-corrected chi connectivity index (χ1v) is 9.47. The molecule has 2 heterocycles. The molecule has 1 N–H and O–H groups in total. The molecule has 1 atom stereocenters. The fourth-order valence-electron chi connectivity index (χ4n) is 2.94. The first-order chi connectivity index (χ1) is 13.5. The lowest BCUT2D eigenvalue weighted by Crippen LogP contribution is -2.47. The van der Waals surface area contributed by atoms with Gasteiger partial charge in [0.1, 0.15) is 18.1 Å². The minimum atomic E-state index is -0.665. The minimum absolute atomic E-state index is 0.154. The number of anilines is 2. The Labute approximate surface area is 164 Å². The van der Waals surface area contributed by atoms with Crippen molar-refractivity contribution in [3.05, 3.63) is 59.7 Å². The van der Waals surface area contributed by atoms with Crippen LogP contribution in [-0.4, -0.2) is 29.4 Å². The summed E-state index contributed by atoms with van der Waals surface area (Å²) in [5.74, 6) is -0.453. The van der Waals surface area contributed by atoms with Crippen LogP contribution in [0.2, 0.25) is 0 Å². The Balaban J connectivity index is 1.49. The summed E-state index contributed by atoms with van der Waals surface area (Å²) in [6.07, 6.45) is -0.665. The molecule has 0 aliphatic carbocycles. The van der Waals surface area contributed by atoms with E-state index < -0.39 is 6.10 Å². The molecule has 1 unspecified atom stereocenters. The van der Waals surface area contributed by atoms with Crippen molar-refractivity contribution in [2.75, 3.05) is 16.8 Å². The topological polar surface area (TPSA) is 71.5 Å². The van der Waals surface area contributed by atoms with E-state index in [0.29, 0.717) is 27.8 Å². The number of ether oxygens (including phenoxy) is 1. The molecule has 3 aromatic rings. The van der Waals surface area contributed by atoms with Crippen molar-refractivity contribution in [2.24, 2.45) is 0 Å². The second kappa shape index (κ2) is 7.40. The van der Waals surface area contributed by atoms with Gasteiger partial charge in [-0.1, -0.05) is 24.3 Å². The van der Waals surface area contributed by atoms with Gasteiger partial charge in [-0.2, -0.15) is 0 Å². The molecule has 8 heteroatoms. The van der Waals surface area contributed by atoms with Gasteiger partial charge in [-0.05, 0) is 31.2 Å². The zero-order valence-electron chi connectivity index (χ0n) is 14.9. The number of carbonyl (C=O) groups excluding carboxylic acids is 2. The Hall–Kier alpha value is -3.26. The summed E-state index contributed by atoms with van der Waals surface area (Å²) >= 11 is 1.23. The lowest BCUT2D eigenvalue weighted by Gasteiger charge is -2.32. The number of carbonyl (C=O) groups is 2. The van der Waals surface area contributed by atoms with Gasteiger partial charge in [-0.15, -0.1) is 11.3 Å². The molecule has 0 bridgehead atoms. The van der Waals surface area contributed by atoms with Crippen LogP contribution in [0.3, 0.4) is 0 Å². The first kappa shape index (κ1) is 18.1. The lowest BCUT2D eigenvalue weighted by atomic mass is 10.2. The second-order valence-electron chi connectivity index (χ2n) is 6.25. The fraction of sp³-hybridized carbons (Fsp3) is 0.150. The quantitative estimate of drug-likeness (QED) is 0.729. The third-order valence-electron chi connectivity index (χ3n) is 4.25. The molecule has 4 rings (SSSR count). The maximum atomic E-state index is 13.4. The highest BCUT2D eigenvalue weighted by atomic mass is 32.1. The maximum Gasteiger partial charge on any atom is 0.268 e. The van der Waals surface area contributed by atoms with Crippen LogP contribution in [0.5, 0.6) is 5.75 Å². The molecule has 0 spiro atoms. The first-order valence-electron chi connectivity index (χ1n) is 8.59. The highest BCUT2D eigenvalue weighted by Gasteiger charge is 2.32. The van der Waals surface area contributed by atoms with Gasteiger partial charge in [-0.3, -0.25) is 14.5 Å². The Kier molecular flexibility index (Phi) is 4.79. The number of thiazole rings is 1. The van der Waals surface area contributed by atoms with Crippen LogP contribution < -0.4 is 15.0 Å². The average molecular weight is 397 g/mol. The van der Waals surface area contributed by atoms with E-state index >= 15 is 0 Å². The van der Waals surface area contributed by atoms with Gasteiger partial charge in [0.2, 0.25) is 5.91 Å². The third kappa shape index (κ3) is 3.59. The molecule has 2 amide bonds. The number of aromatic nitrogens is 1. The molecule has 1 aromatic heterocycles. The Morgan fingerprint density at radius 1 is 1.29 bits per heavy atom. The van der Waals surface area contributed by atoms with Crippen molar-refractivity contribution in [1.82, 2.24) is 4.98 Å². The molecular weight excluding hydrogens is 381 g/mol. The standard InChI is InChI=1S/C20H16FN3O3S/c1-12-19(26)24(16-7-2-3-8-17(16)27-12)10-18(25)23-20-22-15(11-28-20)13-5-4-6-14(21)9-13/h2-9,11-12H,10H2,1H3,(H,22,23,25). The highest BCUT2D eigenvalue weighted by molar-refractivity contribution is 7.14. The van der Waals surface area contributed by atoms with E-state index in [1.807, 2.05) is 6.07 Å². The van der Waals surface area contributed by atoms with Gasteiger partial charge >= 0.3 is 0 Å². The largest absolute Gasteiger partial charge is 0.479 e. The summed E-state index contributed by atoms with van der Waals surface area (Å²) in [5.41, 5.74) is 1.75. The van der Waals surface area contributed by atoms with E-state index in [2.05, 4.69) is 10.3 Å². The zero-order valence-corrected chi connectivity index (χ0v) is 15.7. The van der Waals surface area contributed by atoms with Gasteiger partial charge in [-0.25, -0.2) is 9.37 Å². The predicted octanol–water partition coefficient (Wildman–Crippen LogP) is 3.70. The van der Waals surface area contributed by atoms with E-state index in [4.69, 9.17) is 4.74 Å². The number of nitrogens with zero attached hydrogens (tertiary/aromatic N) is 2. The summed E-state index contributed by atoms with van der Waals surface area (Å²) < 4.78 is 19.0. The summed E-state index contributed by atoms with van der Waals surface area (Å²) in [6.45, 7) is 1.49. The van der Waals surface area contributed by atoms with Crippen molar-refractivity contribution in [1.29, 1.82) is 0 Å². The van der Waals surface area contributed by atoms with Gasteiger partial charge in [0.25, 0.3) is 5.91 Å². The normalized spacial score (nSPS) is 15.7. The number of benzene rings is 2. The number of amides is 2. The zero-order chi connectivity index (χ0) is 19.7. The van der Waals surface area contributed by atoms with E-state index in [1.54, 1.807) is 42.6 Å². The monoisotopic (exact) mass is 397 g/mol. The Bertz CT molecular complexity index is 1050. The molecule has 0 fully saturated rings. The number of hydrogen-bond acceptors (Lipinski definition) is 5. The number of para-hydroxylation sites is 2. The molecule has 28 heavy (non-hydrogen) atoms. The molecular formula is C20H16FN3O3S. The van der Waals surface area contributed by atoms with Gasteiger partial charge in [0.15, 0.2) is 11.2 Å². The number of rotatable bonds is 4. The van der Waals surface area contributed by atoms with E-state index in [9.17, 15) is 14.0 Å². The van der Waals surface area contributed by atoms with Crippen molar-refractivity contribution < 1.29 is 18.7 Å². The van der Waals surface area contributed by atoms with Crippen LogP contribution >= 0.6 is 11.3 Å². The van der Waals surface area contributed by atoms with Crippen molar-refractivity contribution >= 4 is 34.0 Å². The SMILES string of the molecule is CC1Oc2ccccc2N(CC(=O)Nc2nc(-c3cccc(F)c3)cs2)C1=O. The van der Waals surface area contributed by atoms with E-state index in [-0.39, 0.29) is 24.2 Å². The van der Waals surface area contributed by atoms with E-state index in [1.165, 1.54) is 28.4 Å². The maximum absolute atomic E-state index is 13.4. The fourth-order valence-corrected chi connectivity index (χ4v) is 3.67. The summed E-state index contributed by atoms with van der Waals surface area (Å²) in [7, 11) is 0. The molecule has 1 aliphatic rings. The average Bonchev–Trinajstić information content (AvgIpc) is 3.14. The van der Waals surface area contributed by atoms with Gasteiger partial charge < -0.3 is 10.1 Å². The minimum Gasteiger partial charge on any atom is -0.479 e. The van der Waals surface area contributed by atoms with E-state index in [0.717, 1.165) is 0 Å². The number of halogens is 1. The molecule has 2 aromatic carbocycles. The summed E-state index contributed by atoms with van der Waals surface area (Å²) in [6, 6.07) is 13.2.